The summed E-state index contributed by atoms with van der Waals surface area (Å²) in [6, 6.07) is -0.553. The third-order valence-electron chi connectivity index (χ3n) is 3.25. The van der Waals surface area contributed by atoms with Crippen LogP contribution >= 0.6 is 23.3 Å². The molecule has 2 unspecified atom stereocenters. The molecule has 110 valence electrons. The van der Waals surface area contributed by atoms with Crippen LogP contribution < -0.4 is 5.73 Å². The molecule has 7 nitrogen and oxygen atoms in total. The van der Waals surface area contributed by atoms with Gasteiger partial charge in [0.05, 0.1) is 12.8 Å². The summed E-state index contributed by atoms with van der Waals surface area (Å²) in [6.45, 7) is 0. The largest absolute Gasteiger partial charge is 0.464 e. The molecule has 0 radical (unpaired) electrons. The van der Waals surface area contributed by atoms with Crippen LogP contribution in [0.3, 0.4) is 0 Å². The van der Waals surface area contributed by atoms with E-state index in [9.17, 15) is 9.59 Å². The Hall–Kier alpha value is -1.71. The number of amides is 1. The van der Waals surface area contributed by atoms with Gasteiger partial charge in [0.2, 0.25) is 5.91 Å². The Morgan fingerprint density at radius 1 is 1.57 bits per heavy atom. The number of nitrogens with two attached hydrogens (primary N) is 1. The maximum Gasteiger partial charge on any atom is 0.355 e. The smallest absolute Gasteiger partial charge is 0.355 e. The molecule has 2 aliphatic rings. The first-order chi connectivity index (χ1) is 10.1. The molecule has 1 amide bonds. The van der Waals surface area contributed by atoms with Crippen molar-refractivity contribution in [1.29, 1.82) is 0 Å². The molecule has 0 aliphatic carbocycles. The molecule has 1 fully saturated rings. The van der Waals surface area contributed by atoms with Crippen molar-refractivity contribution < 1.29 is 14.3 Å². The predicted molar refractivity (Wildman–Crippen MR) is 79.1 cm³/mol. The number of hydrogen-bond acceptors (Lipinski definition) is 8. The van der Waals surface area contributed by atoms with E-state index in [0.717, 1.165) is 5.57 Å². The average molecular weight is 324 g/mol. The van der Waals surface area contributed by atoms with Crippen molar-refractivity contribution in [1.82, 2.24) is 14.5 Å². The number of allylic oxidation sites excluding steroid dienone is 1. The predicted octanol–water partition coefficient (Wildman–Crippen LogP) is 0.221. The summed E-state index contributed by atoms with van der Waals surface area (Å²) in [7, 11) is 1.29. The molecule has 3 heterocycles. The highest BCUT2D eigenvalue weighted by Gasteiger charge is 2.51. The number of thioether (sulfide) groups is 1. The Morgan fingerprint density at radius 3 is 3.05 bits per heavy atom. The van der Waals surface area contributed by atoms with E-state index in [1.165, 1.54) is 35.3 Å². The topological polar surface area (TPSA) is 98.4 Å². The van der Waals surface area contributed by atoms with Gasteiger partial charge in [-0.05, 0) is 23.2 Å². The van der Waals surface area contributed by atoms with Gasteiger partial charge in [0.25, 0.3) is 0 Å². The summed E-state index contributed by atoms with van der Waals surface area (Å²) < 4.78 is 8.56. The van der Waals surface area contributed by atoms with E-state index in [2.05, 4.69) is 9.59 Å². The summed E-state index contributed by atoms with van der Waals surface area (Å²) in [4.78, 5) is 25.3. The Balaban J connectivity index is 1.95. The number of carbonyl (C=O) groups is 2. The quantitative estimate of drug-likeness (QED) is 0.627. The molecule has 2 atom stereocenters. The van der Waals surface area contributed by atoms with Crippen molar-refractivity contribution in [3.63, 3.8) is 0 Å². The molecule has 0 bridgehead atoms. The maximum atomic E-state index is 12.0. The standard InChI is InChI=1S/C12H12N4O3S2/c1-19-12(18)9-6(2-3-7-5-21-15-14-7)4-20-11-8(13)10(17)16(9)11/h2-3,5,8,11H,4,13H2,1H3/b3-2-. The number of aromatic nitrogens is 2. The van der Waals surface area contributed by atoms with Crippen LogP contribution in [0.4, 0.5) is 0 Å². The van der Waals surface area contributed by atoms with Crippen LogP contribution in [0.15, 0.2) is 22.7 Å². The van der Waals surface area contributed by atoms with Crippen molar-refractivity contribution in [3.8, 4) is 0 Å². The van der Waals surface area contributed by atoms with E-state index < -0.39 is 12.0 Å². The van der Waals surface area contributed by atoms with Gasteiger partial charge >= 0.3 is 5.97 Å². The zero-order valence-electron chi connectivity index (χ0n) is 11.1. The molecule has 9 heteroatoms. The molecule has 21 heavy (non-hydrogen) atoms. The fourth-order valence-electron chi connectivity index (χ4n) is 2.18. The Kier molecular flexibility index (Phi) is 3.79. The normalized spacial score (nSPS) is 25.0. The molecule has 1 aromatic rings. The third-order valence-corrected chi connectivity index (χ3v) is 5.10. The van der Waals surface area contributed by atoms with E-state index in [-0.39, 0.29) is 17.0 Å². The van der Waals surface area contributed by atoms with Gasteiger partial charge < -0.3 is 10.5 Å². The zero-order chi connectivity index (χ0) is 15.0. The van der Waals surface area contributed by atoms with Crippen LogP contribution in [-0.4, -0.2) is 50.6 Å². The SMILES string of the molecule is COC(=O)C1=C(/C=C\c2csnn2)CSC2C(N)C(=O)N12. The first-order valence-electron chi connectivity index (χ1n) is 6.10. The summed E-state index contributed by atoms with van der Waals surface area (Å²) in [5.74, 6) is -0.203. The lowest BCUT2D eigenvalue weighted by atomic mass is 10.0. The fourth-order valence-corrected chi connectivity index (χ4v) is 3.87. The number of esters is 1. The molecule has 3 rings (SSSR count). The van der Waals surface area contributed by atoms with Crippen molar-refractivity contribution in [2.75, 3.05) is 12.9 Å². The van der Waals surface area contributed by atoms with Crippen LogP contribution in [0.1, 0.15) is 5.69 Å². The highest BCUT2D eigenvalue weighted by atomic mass is 32.2. The lowest BCUT2D eigenvalue weighted by Gasteiger charge is -2.47. The van der Waals surface area contributed by atoms with E-state index in [4.69, 9.17) is 10.5 Å². The Labute approximate surface area is 129 Å². The van der Waals surface area contributed by atoms with E-state index >= 15 is 0 Å². The second kappa shape index (κ2) is 5.58. The third kappa shape index (κ3) is 2.37. The lowest BCUT2D eigenvalue weighted by Crippen LogP contribution is -2.68. The Morgan fingerprint density at radius 2 is 2.38 bits per heavy atom. The highest BCUT2D eigenvalue weighted by molar-refractivity contribution is 8.00. The second-order valence-electron chi connectivity index (χ2n) is 4.46. The zero-order valence-corrected chi connectivity index (χ0v) is 12.7. The number of hydrogen-bond donors (Lipinski definition) is 1. The average Bonchev–Trinajstić information content (AvgIpc) is 3.03. The molecule has 0 spiro atoms. The van der Waals surface area contributed by atoms with Crippen molar-refractivity contribution >= 4 is 41.2 Å². The summed E-state index contributed by atoms with van der Waals surface area (Å²) in [5, 5.41) is 5.50. The van der Waals surface area contributed by atoms with E-state index in [1.54, 1.807) is 17.5 Å². The van der Waals surface area contributed by atoms with Gasteiger partial charge in [-0.25, -0.2) is 4.79 Å². The number of rotatable bonds is 3. The van der Waals surface area contributed by atoms with Gasteiger partial charge in [-0.15, -0.1) is 16.9 Å². The highest BCUT2D eigenvalue weighted by Crippen LogP contribution is 2.40. The molecule has 1 aromatic heterocycles. The number of methoxy groups -OCH3 is 1. The van der Waals surface area contributed by atoms with Crippen LogP contribution in [0, 0.1) is 0 Å². The van der Waals surface area contributed by atoms with Gasteiger partial charge in [-0.1, -0.05) is 10.6 Å². The number of β-lactam (4-membered cyclic amide) rings is 1. The summed E-state index contributed by atoms with van der Waals surface area (Å²) in [6.07, 6.45) is 3.52. The number of fused-ring (bicyclic) bond motifs is 1. The molecule has 1 saturated heterocycles. The van der Waals surface area contributed by atoms with E-state index in [1.807, 2.05) is 0 Å². The van der Waals surface area contributed by atoms with Gasteiger partial charge in [-0.3, -0.25) is 9.69 Å². The fraction of sp³-hybridized carbons (Fsp3) is 0.333. The van der Waals surface area contributed by atoms with Crippen molar-refractivity contribution in [3.05, 3.63) is 28.4 Å². The molecule has 0 aromatic carbocycles. The lowest BCUT2D eigenvalue weighted by molar-refractivity contribution is -0.149. The number of carbonyl (C=O) groups excluding carboxylic acids is 2. The van der Waals surface area contributed by atoms with Crippen LogP contribution in [-0.2, 0) is 14.3 Å². The van der Waals surface area contributed by atoms with Gasteiger partial charge in [-0.2, -0.15) is 0 Å². The number of nitrogens with zero attached hydrogens (tertiary/aromatic N) is 3. The van der Waals surface area contributed by atoms with Crippen molar-refractivity contribution in [2.45, 2.75) is 11.4 Å². The summed E-state index contributed by atoms with van der Waals surface area (Å²) >= 11 is 2.78. The molecule has 2 aliphatic heterocycles. The van der Waals surface area contributed by atoms with Crippen LogP contribution in [0.5, 0.6) is 0 Å². The first-order valence-corrected chi connectivity index (χ1v) is 7.99. The second-order valence-corrected chi connectivity index (χ2v) is 6.18. The van der Waals surface area contributed by atoms with Gasteiger partial charge in [0.15, 0.2) is 0 Å². The van der Waals surface area contributed by atoms with Crippen molar-refractivity contribution in [2.24, 2.45) is 5.73 Å². The van der Waals surface area contributed by atoms with Gasteiger partial charge in [0, 0.05) is 11.1 Å². The minimum Gasteiger partial charge on any atom is -0.464 e. The number of ether oxygens (including phenoxy) is 1. The monoisotopic (exact) mass is 324 g/mol. The van der Waals surface area contributed by atoms with Gasteiger partial charge in [0.1, 0.15) is 17.1 Å². The molecular formula is C12H12N4O3S2. The first kappa shape index (κ1) is 14.2. The summed E-state index contributed by atoms with van der Waals surface area (Å²) in [5.41, 5.74) is 7.45. The van der Waals surface area contributed by atoms with E-state index in [0.29, 0.717) is 11.4 Å². The minimum absolute atomic E-state index is 0.190. The van der Waals surface area contributed by atoms with Crippen LogP contribution in [0.2, 0.25) is 0 Å². The Bertz CT molecular complexity index is 641. The molecular weight excluding hydrogens is 312 g/mol. The van der Waals surface area contributed by atoms with Crippen LogP contribution in [0.25, 0.3) is 6.08 Å². The molecule has 2 N–H and O–H groups in total. The maximum absolute atomic E-state index is 12.0. The molecule has 0 saturated carbocycles. The minimum atomic E-state index is -0.553.